The molecule has 12 atom stereocenters. The molecule has 11 rings (SSSR count). The zero-order valence-corrected chi connectivity index (χ0v) is 105. The Morgan fingerprint density at radius 1 is 0.169 bits per heavy atom. The number of benzene rings is 5. The Balaban J connectivity index is 0.840. The fourth-order valence-electron chi connectivity index (χ4n) is 16.9. The van der Waals surface area contributed by atoms with Crippen LogP contribution in [0.1, 0.15) is 270 Å². The van der Waals surface area contributed by atoms with E-state index in [1.54, 1.807) is 68.1 Å². The van der Waals surface area contributed by atoms with Gasteiger partial charge < -0.3 is 83.8 Å². The van der Waals surface area contributed by atoms with Crippen molar-refractivity contribution in [2.24, 2.45) is 0 Å². The number of ether oxygens (including phenoxy) is 4. The molecule has 36 heteroatoms. The molecule has 0 N–H and O–H groups in total. The summed E-state index contributed by atoms with van der Waals surface area (Å²) in [4.78, 5) is 157. The third-order valence-corrected chi connectivity index (χ3v) is 71.0. The first-order valence-corrected chi connectivity index (χ1v) is 76.2. The Kier molecular flexibility index (Phi) is 35.7. The third kappa shape index (κ3) is 27.8. The van der Waals surface area contributed by atoms with Crippen LogP contribution in [-0.2, 0) is 54.4 Å². The van der Waals surface area contributed by atoms with Crippen molar-refractivity contribution in [1.82, 2.24) is 29.4 Å². The zero-order chi connectivity index (χ0) is 111. The molecule has 0 aliphatic carbocycles. The van der Waals surface area contributed by atoms with E-state index in [-0.39, 0.29) is 172 Å². The van der Waals surface area contributed by atoms with Crippen LogP contribution in [0.5, 0.6) is 0 Å². The lowest BCUT2D eigenvalue weighted by atomic mass is 10.1. The Hall–Kier alpha value is -7.78. The molecule has 6 fully saturated rings. The number of carbonyl (C=O) groups excluding carboxylic acids is 10. The van der Waals surface area contributed by atoms with Crippen molar-refractivity contribution < 1.29 is 102 Å². The fraction of sp³-hybridized carbons (Fsp3) is 0.643. The van der Waals surface area contributed by atoms with E-state index in [1.807, 2.05) is 0 Å². The Morgan fingerprint density at radius 3 is 0.351 bits per heavy atom. The van der Waals surface area contributed by atoms with E-state index in [1.165, 1.54) is 82.6 Å². The highest BCUT2D eigenvalue weighted by molar-refractivity contribution is 6.77. The first kappa shape index (κ1) is 120. The van der Waals surface area contributed by atoms with Gasteiger partial charge in [0.2, 0.25) is 0 Å². The number of rotatable bonds is 30. The molecule has 0 saturated carbocycles. The topological polar surface area (TPSA) is 301 Å². The zero-order valence-electron chi connectivity index (χ0n) is 96.6. The van der Waals surface area contributed by atoms with Crippen molar-refractivity contribution in [1.29, 1.82) is 0 Å². The molecule has 6 saturated heterocycles. The predicted molar refractivity (Wildman–Crippen MR) is 601 cm³/mol. The van der Waals surface area contributed by atoms with E-state index in [4.69, 9.17) is 54.4 Å². The van der Waals surface area contributed by atoms with Crippen LogP contribution in [0.2, 0.25) is 145 Å². The highest BCUT2D eigenvalue weighted by Gasteiger charge is 2.56. The molecular weight excluding hydrogens is 2010 g/mol. The van der Waals surface area contributed by atoms with Gasteiger partial charge in [0.05, 0.1) is 97.3 Å². The Morgan fingerprint density at radius 2 is 0.257 bits per heavy atom. The SMILES string of the molecule is CC(C)(C)[Si](C)(C)O[C@H]1CN(C(=O)c2ccc(C(=O)O[C@H]3CN(C(=O)c4ccc(C(=O)N5C[C@H](OC(=O)c6ccc(C(=O)N7C[C@H](O[Si](C)(C)C(C)(C)C)[C@@H](O[Si](C)(C)C(C)(C)C)C7)cc6)[C@@H](OC(=O)c6ccc(C(=O)N7C[C@H](O[Si](C)(C)C(C)(C)C)[C@@H](O[Si](C)(C)C(C)(C)C)C7)cc6)C5)cc4)C[C@@H]3OC(=O)c3ccc(C(=O)N4C[C@H](O[Si](C)(C)C(C)(C)C)[C@@H](O[Si](C)(C)C(C)(C)C)C4)cc3)cc2)C[C@@H]1O[Si](C)(C)C(C)(C)C. The molecule has 6 amide bonds. The highest BCUT2D eigenvalue weighted by atomic mass is 28.4. The smallest absolute Gasteiger partial charge is 0.338 e. The fourth-order valence-corrected chi connectivity index (χ4v) is 27.6. The maximum atomic E-state index is 15.1. The monoisotopic (exact) mass is 2180 g/mol. The molecule has 0 bridgehead atoms. The van der Waals surface area contributed by atoms with Gasteiger partial charge >= 0.3 is 23.9 Å². The molecule has 5 aromatic carbocycles. The summed E-state index contributed by atoms with van der Waals surface area (Å²) < 4.78 is 81.5. The largest absolute Gasteiger partial charge is 0.453 e. The van der Waals surface area contributed by atoms with Crippen LogP contribution in [0.4, 0.5) is 0 Å². The second kappa shape index (κ2) is 43.9. The molecule has 148 heavy (non-hydrogen) atoms. The molecule has 6 heterocycles. The van der Waals surface area contributed by atoms with Gasteiger partial charge in [-0.15, -0.1) is 0 Å². The van der Waals surface area contributed by atoms with Crippen LogP contribution in [0.15, 0.2) is 121 Å². The number of hydrogen-bond acceptors (Lipinski definition) is 22. The molecule has 818 valence electrons. The lowest BCUT2D eigenvalue weighted by Gasteiger charge is -2.42. The Labute approximate surface area is 891 Å². The van der Waals surface area contributed by atoms with Crippen molar-refractivity contribution in [3.63, 3.8) is 0 Å². The van der Waals surface area contributed by atoms with Gasteiger partial charge in [-0.25, -0.2) is 19.2 Å². The van der Waals surface area contributed by atoms with Crippen LogP contribution in [-0.4, -0.2) is 307 Å². The second-order valence-electron chi connectivity index (χ2n) is 54.3. The first-order chi connectivity index (χ1) is 67.4. The van der Waals surface area contributed by atoms with Gasteiger partial charge in [-0.2, -0.15) is 0 Å². The van der Waals surface area contributed by atoms with Crippen LogP contribution in [0, 0.1) is 0 Å². The summed E-state index contributed by atoms with van der Waals surface area (Å²) in [7, 11) is -18.8. The van der Waals surface area contributed by atoms with Crippen molar-refractivity contribution in [3.8, 4) is 0 Å². The number of amides is 6. The Bertz CT molecular complexity index is 4830. The van der Waals surface area contributed by atoms with Gasteiger partial charge in [0.1, 0.15) is 0 Å². The standard InChI is InChI=1S/C112H176N6O22Si8/c1-105(2,3)141(25,26)133-87-65-115(66-88(87)134-142(27,28)106(4,5)6)97(121)75-45-53-79(54-46-75)101(125)129-83-61-113(62-84(83)130-102(126)80-55-47-76(48-56-80)98(122)116-67-89(135-143(29,30)107(7,8)9)90(68-116)136-144(31,32)108(10,11)12)95(119)73-41-43-74(44-42-73)96(120)114-63-85(131-103(127)81-57-49-77(50-58-81)99(123)117-69-91(137-145(33,34)109(13,14)15)92(70-117)138-146(35,36)110(16,17)18)86(64-114)132-104(128)82-59-51-78(52-60-82)100(124)118-71-93(139-147(37,38)111(19,20)21)94(72-118)140-148(39,40)112(22,23)24/h41-60,83-94H,61-72H2,1-40H3/t83-,84-,85-,86-,87-,88-,89-,90-,91-,92-,93-,94-/m0/s1. The van der Waals surface area contributed by atoms with E-state index in [0.29, 0.717) is 74.6 Å². The quantitative estimate of drug-likeness (QED) is 0.0234. The number of esters is 4. The van der Waals surface area contributed by atoms with Gasteiger partial charge in [0.15, 0.2) is 91.0 Å². The molecule has 0 aromatic heterocycles. The van der Waals surface area contributed by atoms with Crippen LogP contribution < -0.4 is 0 Å². The number of likely N-dealkylation sites (tertiary alicyclic amines) is 6. The lowest BCUT2D eigenvalue weighted by molar-refractivity contribution is -0.0176. The summed E-state index contributed by atoms with van der Waals surface area (Å²) in [5.74, 6) is -5.50. The predicted octanol–water partition coefficient (Wildman–Crippen LogP) is 22.4. The van der Waals surface area contributed by atoms with Crippen molar-refractivity contribution in [2.45, 2.75) is 384 Å². The summed E-state index contributed by atoms with van der Waals surface area (Å²) in [6, 6.07) is 30.4. The lowest BCUT2D eigenvalue weighted by Crippen LogP contribution is -2.51. The molecular formula is C112H176N6O22Si8. The molecule has 5 aromatic rings. The number of carbonyl (C=O) groups is 10. The van der Waals surface area contributed by atoms with E-state index >= 15 is 9.59 Å². The summed E-state index contributed by atoms with van der Waals surface area (Å²) in [6.45, 7) is 89.0. The van der Waals surface area contributed by atoms with E-state index in [2.05, 4.69) is 271 Å². The minimum absolute atomic E-state index is 0.0781. The summed E-state index contributed by atoms with van der Waals surface area (Å²) in [5.41, 5.74) is 1.82. The van der Waals surface area contributed by atoms with E-state index in [9.17, 15) is 38.4 Å². The minimum Gasteiger partial charge on any atom is -0.453 e. The second-order valence-corrected chi connectivity index (χ2v) is 92.3. The van der Waals surface area contributed by atoms with Gasteiger partial charge in [0, 0.05) is 85.7 Å². The normalized spacial score (nSPS) is 22.7. The average molecular weight is 2180 g/mol. The number of hydrogen-bond donors (Lipinski definition) is 0. The molecule has 0 radical (unpaired) electrons. The number of nitrogens with zero attached hydrogens (tertiary/aromatic N) is 6. The average Bonchev–Trinajstić information content (AvgIpc) is 1.61. The van der Waals surface area contributed by atoms with Gasteiger partial charge in [0.25, 0.3) is 35.4 Å². The van der Waals surface area contributed by atoms with Crippen molar-refractivity contribution in [3.05, 3.63) is 177 Å². The van der Waals surface area contributed by atoms with Crippen molar-refractivity contribution >= 4 is 126 Å². The maximum Gasteiger partial charge on any atom is 0.338 e. The maximum absolute atomic E-state index is 15.1. The summed E-state index contributed by atoms with van der Waals surface area (Å²) in [5, 5.41) is -0.862. The van der Waals surface area contributed by atoms with Crippen LogP contribution in [0.25, 0.3) is 0 Å². The third-order valence-electron chi connectivity index (χ3n) is 34.9. The van der Waals surface area contributed by atoms with Crippen molar-refractivity contribution in [2.75, 3.05) is 78.5 Å². The summed E-state index contributed by atoms with van der Waals surface area (Å²) >= 11 is 0. The molecule has 6 aliphatic rings. The van der Waals surface area contributed by atoms with Crippen LogP contribution >= 0.6 is 0 Å². The minimum atomic E-state index is -2.35. The van der Waals surface area contributed by atoms with Gasteiger partial charge in [-0.1, -0.05) is 166 Å². The highest BCUT2D eigenvalue weighted by Crippen LogP contribution is 2.49. The van der Waals surface area contributed by atoms with E-state index < -0.39 is 127 Å². The van der Waals surface area contributed by atoms with Gasteiger partial charge in [-0.05, 0) is 266 Å². The molecule has 0 spiro atoms. The van der Waals surface area contributed by atoms with Crippen LogP contribution in [0.3, 0.4) is 0 Å². The molecule has 6 aliphatic heterocycles. The molecule has 28 nitrogen and oxygen atoms in total. The molecule has 0 unspecified atom stereocenters. The first-order valence-electron chi connectivity index (χ1n) is 53.0. The van der Waals surface area contributed by atoms with Gasteiger partial charge in [-0.3, -0.25) is 28.8 Å². The van der Waals surface area contributed by atoms with E-state index in [0.717, 1.165) is 0 Å². The summed E-state index contributed by atoms with van der Waals surface area (Å²) in [6.07, 6.45) is -7.93.